The molecule has 3 nitrogen and oxygen atoms in total. The molecular formula is C14H14N2O. The molecule has 0 atom stereocenters. The fourth-order valence-electron chi connectivity index (χ4n) is 1.79. The Kier molecular flexibility index (Phi) is 3.28. The minimum atomic E-state index is 0.670. The minimum Gasteiger partial charge on any atom is -0.298 e. The predicted molar refractivity (Wildman–Crippen MR) is 67.0 cm³/mol. The highest BCUT2D eigenvalue weighted by Crippen LogP contribution is 2.24. The van der Waals surface area contributed by atoms with Crippen LogP contribution in [0.3, 0.4) is 0 Å². The number of carbonyl (C=O) groups is 1. The Hall–Kier alpha value is -2.03. The van der Waals surface area contributed by atoms with Crippen LogP contribution in [-0.2, 0) is 6.42 Å². The van der Waals surface area contributed by atoms with Gasteiger partial charge in [-0.15, -0.1) is 0 Å². The first kappa shape index (κ1) is 11.5. The van der Waals surface area contributed by atoms with Gasteiger partial charge >= 0.3 is 0 Å². The molecule has 0 saturated heterocycles. The molecule has 1 heterocycles. The molecule has 1 aromatic heterocycles. The van der Waals surface area contributed by atoms with E-state index >= 15 is 0 Å². The fraction of sp³-hybridized carbons (Fsp3) is 0.214. The normalized spacial score (nSPS) is 10.2. The first-order valence-electron chi connectivity index (χ1n) is 5.63. The molecule has 3 heteroatoms. The standard InChI is InChI=1S/C14H14N2O/c1-3-14-15-8-13(10(2)16-14)12-7-5-4-6-11(12)9-17/h4-9H,3H2,1-2H3. The van der Waals surface area contributed by atoms with E-state index in [1.54, 1.807) is 12.3 Å². The van der Waals surface area contributed by atoms with Crippen molar-refractivity contribution in [1.82, 2.24) is 9.97 Å². The van der Waals surface area contributed by atoms with Gasteiger partial charge in [0.25, 0.3) is 0 Å². The summed E-state index contributed by atoms with van der Waals surface area (Å²) in [6.07, 6.45) is 3.47. The zero-order valence-corrected chi connectivity index (χ0v) is 9.97. The molecule has 2 rings (SSSR count). The van der Waals surface area contributed by atoms with Crippen molar-refractivity contribution in [1.29, 1.82) is 0 Å². The van der Waals surface area contributed by atoms with Gasteiger partial charge in [0.05, 0.1) is 0 Å². The van der Waals surface area contributed by atoms with Crippen LogP contribution < -0.4 is 0 Å². The lowest BCUT2D eigenvalue weighted by molar-refractivity contribution is 0.112. The molecule has 1 aromatic carbocycles. The van der Waals surface area contributed by atoms with Crippen LogP contribution in [0.15, 0.2) is 30.5 Å². The van der Waals surface area contributed by atoms with E-state index in [9.17, 15) is 4.79 Å². The van der Waals surface area contributed by atoms with Gasteiger partial charge in [-0.1, -0.05) is 31.2 Å². The summed E-state index contributed by atoms with van der Waals surface area (Å²) in [7, 11) is 0. The molecule has 0 unspecified atom stereocenters. The van der Waals surface area contributed by atoms with Crippen molar-refractivity contribution in [2.24, 2.45) is 0 Å². The van der Waals surface area contributed by atoms with Gasteiger partial charge in [-0.2, -0.15) is 0 Å². The molecule has 0 amide bonds. The van der Waals surface area contributed by atoms with Crippen molar-refractivity contribution in [3.63, 3.8) is 0 Å². The lowest BCUT2D eigenvalue weighted by Gasteiger charge is -2.08. The van der Waals surface area contributed by atoms with Gasteiger partial charge in [0.2, 0.25) is 0 Å². The van der Waals surface area contributed by atoms with E-state index in [1.807, 2.05) is 32.0 Å². The summed E-state index contributed by atoms with van der Waals surface area (Å²) in [6.45, 7) is 3.96. The van der Waals surface area contributed by atoms with Gasteiger partial charge in [-0.05, 0) is 12.5 Å². The Bertz CT molecular complexity index is 550. The van der Waals surface area contributed by atoms with Gasteiger partial charge in [0, 0.05) is 29.4 Å². The molecule has 17 heavy (non-hydrogen) atoms. The van der Waals surface area contributed by atoms with Crippen LogP contribution in [0.1, 0.15) is 28.8 Å². The first-order chi connectivity index (χ1) is 8.26. The summed E-state index contributed by atoms with van der Waals surface area (Å²) in [6, 6.07) is 7.48. The maximum Gasteiger partial charge on any atom is 0.150 e. The highest BCUT2D eigenvalue weighted by Gasteiger charge is 2.08. The first-order valence-corrected chi connectivity index (χ1v) is 5.63. The third-order valence-corrected chi connectivity index (χ3v) is 2.72. The Morgan fingerprint density at radius 2 is 2.00 bits per heavy atom. The summed E-state index contributed by atoms with van der Waals surface area (Å²) < 4.78 is 0. The molecule has 2 aromatic rings. The number of nitrogens with zero attached hydrogens (tertiary/aromatic N) is 2. The SMILES string of the molecule is CCc1ncc(-c2ccccc2C=O)c(C)n1. The average Bonchev–Trinajstić information content (AvgIpc) is 2.38. The second-order valence-corrected chi connectivity index (χ2v) is 3.84. The number of hydrogen-bond donors (Lipinski definition) is 0. The largest absolute Gasteiger partial charge is 0.298 e. The second kappa shape index (κ2) is 4.87. The molecule has 0 radical (unpaired) electrons. The molecule has 86 valence electrons. The molecule has 0 N–H and O–H groups in total. The van der Waals surface area contributed by atoms with E-state index in [0.29, 0.717) is 5.56 Å². The third kappa shape index (κ3) is 2.23. The topological polar surface area (TPSA) is 42.9 Å². The lowest BCUT2D eigenvalue weighted by Crippen LogP contribution is -1.98. The van der Waals surface area contributed by atoms with Crippen molar-refractivity contribution in [3.05, 3.63) is 47.5 Å². The van der Waals surface area contributed by atoms with E-state index in [-0.39, 0.29) is 0 Å². The molecule has 0 saturated carbocycles. The van der Waals surface area contributed by atoms with Crippen LogP contribution in [-0.4, -0.2) is 16.3 Å². The summed E-state index contributed by atoms with van der Waals surface area (Å²) in [5.74, 6) is 0.829. The third-order valence-electron chi connectivity index (χ3n) is 2.72. The van der Waals surface area contributed by atoms with Gasteiger partial charge < -0.3 is 0 Å². The van der Waals surface area contributed by atoms with E-state index in [2.05, 4.69) is 9.97 Å². The van der Waals surface area contributed by atoms with Crippen LogP contribution in [0.2, 0.25) is 0 Å². The summed E-state index contributed by atoms with van der Waals surface area (Å²) in [4.78, 5) is 19.7. The molecule has 0 bridgehead atoms. The van der Waals surface area contributed by atoms with Crippen LogP contribution in [0.25, 0.3) is 11.1 Å². The number of aldehydes is 1. The smallest absolute Gasteiger partial charge is 0.150 e. The maximum atomic E-state index is 11.0. The van der Waals surface area contributed by atoms with E-state index < -0.39 is 0 Å². The van der Waals surface area contributed by atoms with Crippen molar-refractivity contribution in [2.75, 3.05) is 0 Å². The summed E-state index contributed by atoms with van der Waals surface area (Å²) >= 11 is 0. The van der Waals surface area contributed by atoms with E-state index in [1.165, 1.54) is 0 Å². The average molecular weight is 226 g/mol. The van der Waals surface area contributed by atoms with Crippen molar-refractivity contribution in [2.45, 2.75) is 20.3 Å². The number of aromatic nitrogens is 2. The molecule has 0 fully saturated rings. The quantitative estimate of drug-likeness (QED) is 0.756. The van der Waals surface area contributed by atoms with Crippen molar-refractivity contribution in [3.8, 4) is 11.1 Å². The number of aryl methyl sites for hydroxylation is 2. The van der Waals surface area contributed by atoms with Gasteiger partial charge in [0.1, 0.15) is 5.82 Å². The predicted octanol–water partition coefficient (Wildman–Crippen LogP) is 2.83. The summed E-state index contributed by atoms with van der Waals surface area (Å²) in [5, 5.41) is 0. The Labute approximate surface area is 101 Å². The monoisotopic (exact) mass is 226 g/mol. The Morgan fingerprint density at radius 1 is 1.24 bits per heavy atom. The van der Waals surface area contributed by atoms with Crippen LogP contribution >= 0.6 is 0 Å². The fourth-order valence-corrected chi connectivity index (χ4v) is 1.79. The summed E-state index contributed by atoms with van der Waals surface area (Å²) in [5.41, 5.74) is 3.39. The zero-order valence-electron chi connectivity index (χ0n) is 9.97. The zero-order chi connectivity index (χ0) is 12.3. The molecule has 0 aliphatic heterocycles. The minimum absolute atomic E-state index is 0.670. The van der Waals surface area contributed by atoms with E-state index in [0.717, 1.165) is 35.4 Å². The van der Waals surface area contributed by atoms with Crippen molar-refractivity contribution < 1.29 is 4.79 Å². The van der Waals surface area contributed by atoms with E-state index in [4.69, 9.17) is 0 Å². The van der Waals surface area contributed by atoms with Gasteiger partial charge in [-0.3, -0.25) is 4.79 Å². The second-order valence-electron chi connectivity index (χ2n) is 3.84. The molecule has 0 spiro atoms. The van der Waals surface area contributed by atoms with Crippen molar-refractivity contribution >= 4 is 6.29 Å². The van der Waals surface area contributed by atoms with Crippen LogP contribution in [0, 0.1) is 6.92 Å². The van der Waals surface area contributed by atoms with Gasteiger partial charge in [0.15, 0.2) is 6.29 Å². The number of hydrogen-bond acceptors (Lipinski definition) is 3. The molecule has 0 aliphatic rings. The van der Waals surface area contributed by atoms with Gasteiger partial charge in [-0.25, -0.2) is 9.97 Å². The number of carbonyl (C=O) groups excluding carboxylic acids is 1. The van der Waals surface area contributed by atoms with Crippen LogP contribution in [0.4, 0.5) is 0 Å². The molecular weight excluding hydrogens is 212 g/mol. The molecule has 0 aliphatic carbocycles. The Morgan fingerprint density at radius 3 is 2.65 bits per heavy atom. The van der Waals surface area contributed by atoms with Crippen LogP contribution in [0.5, 0.6) is 0 Å². The highest BCUT2D eigenvalue weighted by atomic mass is 16.1. The maximum absolute atomic E-state index is 11.0. The number of rotatable bonds is 3. The highest BCUT2D eigenvalue weighted by molar-refractivity contribution is 5.87. The lowest BCUT2D eigenvalue weighted by atomic mass is 10.0. The Balaban J connectivity index is 2.56. The number of benzene rings is 1.